The average Bonchev–Trinajstić information content (AvgIpc) is 2.90. The topological polar surface area (TPSA) is 68.0 Å². The third kappa shape index (κ3) is 2.84. The predicted octanol–water partition coefficient (Wildman–Crippen LogP) is 1.67. The minimum absolute atomic E-state index is 0.119. The van der Waals surface area contributed by atoms with E-state index in [1.54, 1.807) is 23.0 Å². The van der Waals surface area contributed by atoms with Crippen molar-refractivity contribution in [1.82, 2.24) is 10.3 Å². The van der Waals surface area contributed by atoms with Crippen molar-refractivity contribution in [3.63, 3.8) is 0 Å². The molecule has 0 spiro atoms. The Bertz CT molecular complexity index is 358. The van der Waals surface area contributed by atoms with Crippen LogP contribution in [0.1, 0.15) is 37.0 Å². The Morgan fingerprint density at radius 2 is 2.24 bits per heavy atom. The minimum Gasteiger partial charge on any atom is -0.351 e. The van der Waals surface area contributed by atoms with Crippen molar-refractivity contribution in [2.24, 2.45) is 11.1 Å². The van der Waals surface area contributed by atoms with Crippen LogP contribution in [0.2, 0.25) is 0 Å². The highest BCUT2D eigenvalue weighted by atomic mass is 32.1. The third-order valence-electron chi connectivity index (χ3n) is 3.59. The highest BCUT2D eigenvalue weighted by Gasteiger charge is 2.37. The Kier molecular flexibility index (Phi) is 4.12. The maximum Gasteiger partial charge on any atom is 0.227 e. The second-order valence-corrected chi connectivity index (χ2v) is 5.67. The molecule has 1 saturated carbocycles. The quantitative estimate of drug-likeness (QED) is 0.857. The van der Waals surface area contributed by atoms with E-state index in [9.17, 15) is 4.79 Å². The second kappa shape index (κ2) is 5.60. The Hall–Kier alpha value is -0.940. The van der Waals surface area contributed by atoms with Crippen LogP contribution in [0.15, 0.2) is 11.7 Å². The first kappa shape index (κ1) is 12.5. The number of nitrogens with one attached hydrogen (secondary N) is 1. The van der Waals surface area contributed by atoms with E-state index in [4.69, 9.17) is 5.73 Å². The van der Waals surface area contributed by atoms with Crippen molar-refractivity contribution in [2.45, 2.75) is 38.6 Å². The fraction of sp³-hybridized carbons (Fsp3) is 0.667. The first-order valence-electron chi connectivity index (χ1n) is 6.13. The van der Waals surface area contributed by atoms with Gasteiger partial charge in [0.1, 0.15) is 0 Å². The molecule has 17 heavy (non-hydrogen) atoms. The van der Waals surface area contributed by atoms with Crippen molar-refractivity contribution >= 4 is 17.2 Å². The summed E-state index contributed by atoms with van der Waals surface area (Å²) in [5.41, 5.74) is 7.28. The number of amides is 1. The normalized spacial score (nSPS) is 18.9. The van der Waals surface area contributed by atoms with Gasteiger partial charge in [-0.25, -0.2) is 0 Å². The average molecular weight is 253 g/mol. The van der Waals surface area contributed by atoms with Gasteiger partial charge in [0.25, 0.3) is 0 Å². The Morgan fingerprint density at radius 1 is 1.47 bits per heavy atom. The molecular formula is C12H19N3OS. The monoisotopic (exact) mass is 253 g/mol. The lowest BCUT2D eigenvalue weighted by Crippen LogP contribution is -2.46. The molecular weight excluding hydrogens is 234 g/mol. The summed E-state index contributed by atoms with van der Waals surface area (Å²) in [6.45, 7) is 1.03. The lowest BCUT2D eigenvalue weighted by molar-refractivity contribution is -0.132. The molecule has 1 heterocycles. The number of nitrogens with zero attached hydrogens (tertiary/aromatic N) is 1. The van der Waals surface area contributed by atoms with Gasteiger partial charge in [-0.3, -0.25) is 9.78 Å². The number of nitrogens with two attached hydrogens (primary N) is 1. The molecule has 0 unspecified atom stereocenters. The van der Waals surface area contributed by atoms with Crippen molar-refractivity contribution in [3.8, 4) is 0 Å². The van der Waals surface area contributed by atoms with Crippen molar-refractivity contribution < 1.29 is 4.79 Å². The van der Waals surface area contributed by atoms with Crippen LogP contribution in [-0.4, -0.2) is 17.4 Å². The number of hydrogen-bond acceptors (Lipinski definition) is 4. The van der Waals surface area contributed by atoms with Crippen LogP contribution in [0.25, 0.3) is 0 Å². The SMILES string of the molecule is NCC1(C(=O)NCc2cncs2)CCCCC1. The van der Waals surface area contributed by atoms with E-state index in [0.29, 0.717) is 13.1 Å². The molecule has 2 rings (SSSR count). The van der Waals surface area contributed by atoms with Gasteiger partial charge in [0.05, 0.1) is 17.5 Å². The van der Waals surface area contributed by atoms with Crippen LogP contribution in [-0.2, 0) is 11.3 Å². The maximum absolute atomic E-state index is 12.2. The number of carbonyl (C=O) groups is 1. The highest BCUT2D eigenvalue weighted by molar-refractivity contribution is 7.09. The largest absolute Gasteiger partial charge is 0.351 e. The van der Waals surface area contributed by atoms with Crippen molar-refractivity contribution in [1.29, 1.82) is 0 Å². The Morgan fingerprint density at radius 3 is 2.82 bits per heavy atom. The molecule has 1 aromatic rings. The van der Waals surface area contributed by atoms with Gasteiger partial charge >= 0.3 is 0 Å². The first-order valence-corrected chi connectivity index (χ1v) is 7.00. The van der Waals surface area contributed by atoms with E-state index in [2.05, 4.69) is 10.3 Å². The van der Waals surface area contributed by atoms with Gasteiger partial charge in [0.15, 0.2) is 0 Å². The molecule has 0 saturated heterocycles. The van der Waals surface area contributed by atoms with E-state index in [1.165, 1.54) is 6.42 Å². The molecule has 0 aromatic carbocycles. The van der Waals surface area contributed by atoms with Crippen molar-refractivity contribution in [3.05, 3.63) is 16.6 Å². The summed E-state index contributed by atoms with van der Waals surface area (Å²) in [7, 11) is 0. The number of hydrogen-bond donors (Lipinski definition) is 2. The van der Waals surface area contributed by atoms with Crippen molar-refractivity contribution in [2.75, 3.05) is 6.54 Å². The molecule has 1 fully saturated rings. The lowest BCUT2D eigenvalue weighted by Gasteiger charge is -2.34. The smallest absolute Gasteiger partial charge is 0.227 e. The maximum atomic E-state index is 12.2. The molecule has 0 atom stereocenters. The second-order valence-electron chi connectivity index (χ2n) is 4.70. The zero-order valence-corrected chi connectivity index (χ0v) is 10.8. The van der Waals surface area contributed by atoms with E-state index < -0.39 is 0 Å². The summed E-state index contributed by atoms with van der Waals surface area (Å²) in [6, 6.07) is 0. The fourth-order valence-electron chi connectivity index (χ4n) is 2.44. The van der Waals surface area contributed by atoms with E-state index >= 15 is 0 Å². The number of aromatic nitrogens is 1. The van der Waals surface area contributed by atoms with Crippen LogP contribution in [0.5, 0.6) is 0 Å². The highest BCUT2D eigenvalue weighted by Crippen LogP contribution is 2.35. The molecule has 1 aliphatic rings. The minimum atomic E-state index is -0.317. The summed E-state index contributed by atoms with van der Waals surface area (Å²) >= 11 is 1.56. The molecule has 1 aliphatic carbocycles. The molecule has 5 heteroatoms. The number of thiazole rings is 1. The molecule has 94 valence electrons. The predicted molar refractivity (Wildman–Crippen MR) is 68.5 cm³/mol. The van der Waals surface area contributed by atoms with Crippen LogP contribution in [0.3, 0.4) is 0 Å². The summed E-state index contributed by atoms with van der Waals surface area (Å²) in [4.78, 5) is 17.3. The van der Waals surface area contributed by atoms with Crippen LogP contribution < -0.4 is 11.1 Å². The molecule has 0 aliphatic heterocycles. The molecule has 0 bridgehead atoms. The van der Waals surface area contributed by atoms with Gasteiger partial charge in [0.2, 0.25) is 5.91 Å². The lowest BCUT2D eigenvalue weighted by atomic mass is 9.73. The molecule has 1 amide bonds. The molecule has 4 nitrogen and oxygen atoms in total. The molecule has 0 radical (unpaired) electrons. The third-order valence-corrected chi connectivity index (χ3v) is 4.37. The Labute approximate surface area is 106 Å². The summed E-state index contributed by atoms with van der Waals surface area (Å²) < 4.78 is 0. The zero-order valence-electron chi connectivity index (χ0n) is 9.95. The van der Waals surface area contributed by atoms with E-state index in [-0.39, 0.29) is 11.3 Å². The van der Waals surface area contributed by atoms with Gasteiger partial charge < -0.3 is 11.1 Å². The van der Waals surface area contributed by atoms with Gasteiger partial charge in [-0.1, -0.05) is 19.3 Å². The standard InChI is InChI=1S/C12H19N3OS/c13-8-12(4-2-1-3-5-12)11(16)15-7-10-6-14-9-17-10/h6,9H,1-5,7-8,13H2,(H,15,16). The van der Waals surface area contributed by atoms with E-state index in [0.717, 1.165) is 30.6 Å². The van der Waals surface area contributed by atoms with Crippen LogP contribution in [0.4, 0.5) is 0 Å². The Balaban J connectivity index is 1.93. The zero-order chi connectivity index (χ0) is 12.1. The van der Waals surface area contributed by atoms with E-state index in [1.807, 2.05) is 0 Å². The first-order chi connectivity index (χ1) is 8.27. The number of rotatable bonds is 4. The van der Waals surface area contributed by atoms with Gasteiger partial charge in [-0.15, -0.1) is 11.3 Å². The van der Waals surface area contributed by atoms with Gasteiger partial charge in [-0.2, -0.15) is 0 Å². The van der Waals surface area contributed by atoms with Gasteiger partial charge in [-0.05, 0) is 12.8 Å². The summed E-state index contributed by atoms with van der Waals surface area (Å²) in [5, 5.41) is 3.00. The van der Waals surface area contributed by atoms with Crippen LogP contribution in [0, 0.1) is 5.41 Å². The summed E-state index contributed by atoms with van der Waals surface area (Å²) in [6.07, 6.45) is 7.11. The molecule has 1 aromatic heterocycles. The molecule has 3 N–H and O–H groups in total. The number of carbonyl (C=O) groups excluding carboxylic acids is 1. The summed E-state index contributed by atoms with van der Waals surface area (Å²) in [5.74, 6) is 0.119. The van der Waals surface area contributed by atoms with Crippen LogP contribution >= 0.6 is 11.3 Å². The fourth-order valence-corrected chi connectivity index (χ4v) is 2.97. The van der Waals surface area contributed by atoms with Gasteiger partial charge in [0, 0.05) is 17.6 Å².